The number of carboxylic acid groups (broad SMARTS) is 1. The lowest BCUT2D eigenvalue weighted by molar-refractivity contribution is -0.141. The van der Waals surface area contributed by atoms with Crippen molar-refractivity contribution in [3.8, 4) is 0 Å². The Morgan fingerprint density at radius 1 is 1.50 bits per heavy atom. The van der Waals surface area contributed by atoms with Crippen molar-refractivity contribution < 1.29 is 9.90 Å². The van der Waals surface area contributed by atoms with E-state index in [1.807, 2.05) is 0 Å². The summed E-state index contributed by atoms with van der Waals surface area (Å²) in [5.41, 5.74) is 0. The van der Waals surface area contributed by atoms with Gasteiger partial charge in [-0.3, -0.25) is 4.79 Å². The third-order valence-electron chi connectivity index (χ3n) is 1.63. The van der Waals surface area contributed by atoms with Crippen molar-refractivity contribution in [3.05, 3.63) is 0 Å². The number of hydrogen-bond acceptors (Lipinski definition) is 2. The van der Waals surface area contributed by atoms with E-state index in [-0.39, 0.29) is 5.92 Å². The average Bonchev–Trinajstić information content (AvgIpc) is 1.96. The zero-order valence-corrected chi connectivity index (χ0v) is 8.86. The highest BCUT2D eigenvalue weighted by Crippen LogP contribution is 2.17. The van der Waals surface area contributed by atoms with Gasteiger partial charge in [0.05, 0.1) is 5.92 Å². The molecule has 0 aromatic rings. The van der Waals surface area contributed by atoms with Gasteiger partial charge < -0.3 is 5.11 Å². The van der Waals surface area contributed by atoms with Crippen LogP contribution < -0.4 is 0 Å². The maximum Gasteiger partial charge on any atom is 0.307 e. The Hall–Kier alpha value is -0.180. The molecule has 0 bridgehead atoms. The summed E-state index contributed by atoms with van der Waals surface area (Å²) >= 11 is 1.71. The summed E-state index contributed by atoms with van der Waals surface area (Å²) in [6.07, 6.45) is 0.794. The highest BCUT2D eigenvalue weighted by atomic mass is 32.2. The number of carbonyl (C=O) groups is 1. The van der Waals surface area contributed by atoms with E-state index in [4.69, 9.17) is 5.11 Å². The molecule has 0 fully saturated rings. The van der Waals surface area contributed by atoms with E-state index in [0.717, 1.165) is 17.9 Å². The molecular weight excluding hydrogens is 172 g/mol. The number of thioether (sulfide) groups is 1. The molecule has 3 heteroatoms. The second kappa shape index (κ2) is 6.35. The van der Waals surface area contributed by atoms with Crippen LogP contribution in [-0.4, -0.2) is 22.6 Å². The maximum absolute atomic E-state index is 10.7. The Labute approximate surface area is 78.7 Å². The Bertz CT molecular complexity index is 134. The summed E-state index contributed by atoms with van der Waals surface area (Å²) in [6, 6.07) is 0. The van der Waals surface area contributed by atoms with Crippen LogP contribution in [0.3, 0.4) is 0 Å². The van der Waals surface area contributed by atoms with Crippen LogP contribution in [0.1, 0.15) is 27.2 Å². The Kier molecular flexibility index (Phi) is 6.25. The number of aliphatic carboxylic acids is 1. The smallest absolute Gasteiger partial charge is 0.307 e. The molecule has 0 saturated heterocycles. The third-order valence-corrected chi connectivity index (χ3v) is 2.67. The van der Waals surface area contributed by atoms with Crippen molar-refractivity contribution in [2.24, 2.45) is 11.8 Å². The third kappa shape index (κ3) is 5.47. The Morgan fingerprint density at radius 3 is 2.42 bits per heavy atom. The molecule has 0 amide bonds. The minimum atomic E-state index is -0.648. The molecule has 0 rings (SSSR count). The van der Waals surface area contributed by atoms with Gasteiger partial charge in [-0.05, 0) is 18.1 Å². The van der Waals surface area contributed by atoms with Gasteiger partial charge in [-0.1, -0.05) is 20.8 Å². The van der Waals surface area contributed by atoms with Gasteiger partial charge >= 0.3 is 5.97 Å². The first-order valence-electron chi connectivity index (χ1n) is 4.38. The van der Waals surface area contributed by atoms with Gasteiger partial charge in [0.2, 0.25) is 0 Å². The molecule has 72 valence electrons. The molecule has 0 radical (unpaired) electrons. The van der Waals surface area contributed by atoms with Crippen molar-refractivity contribution in [3.63, 3.8) is 0 Å². The predicted octanol–water partition coefficient (Wildman–Crippen LogP) is 2.49. The number of carboxylic acids is 1. The zero-order chi connectivity index (χ0) is 9.56. The first kappa shape index (κ1) is 11.8. The van der Waals surface area contributed by atoms with Gasteiger partial charge in [-0.2, -0.15) is 11.8 Å². The van der Waals surface area contributed by atoms with E-state index in [0.29, 0.717) is 5.92 Å². The summed E-state index contributed by atoms with van der Waals surface area (Å²) in [4.78, 5) is 10.7. The fourth-order valence-corrected chi connectivity index (χ4v) is 1.87. The van der Waals surface area contributed by atoms with Crippen LogP contribution in [0.5, 0.6) is 0 Å². The van der Waals surface area contributed by atoms with Crippen LogP contribution in [0, 0.1) is 11.8 Å². The summed E-state index contributed by atoms with van der Waals surface area (Å²) < 4.78 is 0. The molecule has 0 aromatic heterocycles. The first-order chi connectivity index (χ1) is 5.57. The van der Waals surface area contributed by atoms with Gasteiger partial charge in [-0.25, -0.2) is 0 Å². The van der Waals surface area contributed by atoms with Crippen molar-refractivity contribution >= 4 is 17.7 Å². The molecule has 0 spiro atoms. The largest absolute Gasteiger partial charge is 0.481 e. The quantitative estimate of drug-likeness (QED) is 0.699. The Balaban J connectivity index is 3.78. The van der Waals surface area contributed by atoms with Crippen LogP contribution in [0.25, 0.3) is 0 Å². The maximum atomic E-state index is 10.7. The van der Waals surface area contributed by atoms with Gasteiger partial charge in [0.15, 0.2) is 0 Å². The molecule has 0 aliphatic carbocycles. The molecule has 1 N–H and O–H groups in total. The van der Waals surface area contributed by atoms with Crippen molar-refractivity contribution in [1.29, 1.82) is 0 Å². The predicted molar refractivity (Wildman–Crippen MR) is 53.6 cm³/mol. The molecule has 0 aliphatic heterocycles. The SMILES string of the molecule is CCSCC(CC(C)C)C(=O)O. The van der Waals surface area contributed by atoms with E-state index in [1.54, 1.807) is 11.8 Å². The molecule has 0 heterocycles. The van der Waals surface area contributed by atoms with E-state index in [9.17, 15) is 4.79 Å². The van der Waals surface area contributed by atoms with Crippen LogP contribution in [-0.2, 0) is 4.79 Å². The molecule has 0 aliphatic rings. The molecule has 1 unspecified atom stereocenters. The van der Waals surface area contributed by atoms with Crippen molar-refractivity contribution in [2.75, 3.05) is 11.5 Å². The van der Waals surface area contributed by atoms with E-state index < -0.39 is 5.97 Å². The van der Waals surface area contributed by atoms with Gasteiger partial charge in [-0.15, -0.1) is 0 Å². The van der Waals surface area contributed by atoms with Crippen LogP contribution in [0.15, 0.2) is 0 Å². The lowest BCUT2D eigenvalue weighted by Crippen LogP contribution is -2.18. The topological polar surface area (TPSA) is 37.3 Å². The monoisotopic (exact) mass is 190 g/mol. The highest BCUT2D eigenvalue weighted by molar-refractivity contribution is 7.99. The lowest BCUT2D eigenvalue weighted by atomic mass is 9.99. The van der Waals surface area contributed by atoms with E-state index >= 15 is 0 Å². The normalized spacial score (nSPS) is 13.3. The highest BCUT2D eigenvalue weighted by Gasteiger charge is 2.17. The molecule has 0 saturated carbocycles. The fraction of sp³-hybridized carbons (Fsp3) is 0.889. The second-order valence-corrected chi connectivity index (χ2v) is 4.64. The van der Waals surface area contributed by atoms with E-state index in [1.165, 1.54) is 0 Å². The minimum absolute atomic E-state index is 0.157. The molecular formula is C9H18O2S. The van der Waals surface area contributed by atoms with Gasteiger partial charge in [0, 0.05) is 5.75 Å². The summed E-state index contributed by atoms with van der Waals surface area (Å²) in [5, 5.41) is 8.84. The van der Waals surface area contributed by atoms with Crippen molar-refractivity contribution in [1.82, 2.24) is 0 Å². The average molecular weight is 190 g/mol. The fourth-order valence-electron chi connectivity index (χ4n) is 1.07. The van der Waals surface area contributed by atoms with Gasteiger partial charge in [0.1, 0.15) is 0 Å². The second-order valence-electron chi connectivity index (χ2n) is 3.32. The van der Waals surface area contributed by atoms with Gasteiger partial charge in [0.25, 0.3) is 0 Å². The number of rotatable bonds is 6. The Morgan fingerprint density at radius 2 is 2.08 bits per heavy atom. The van der Waals surface area contributed by atoms with E-state index in [2.05, 4.69) is 20.8 Å². The molecule has 2 nitrogen and oxygen atoms in total. The lowest BCUT2D eigenvalue weighted by Gasteiger charge is -2.13. The molecule has 1 atom stereocenters. The summed E-state index contributed by atoms with van der Waals surface area (Å²) in [5.74, 6) is 1.43. The standard InChI is InChI=1S/C9H18O2S/c1-4-12-6-8(9(10)11)5-7(2)3/h7-8H,4-6H2,1-3H3,(H,10,11). The van der Waals surface area contributed by atoms with Crippen molar-refractivity contribution in [2.45, 2.75) is 27.2 Å². The van der Waals surface area contributed by atoms with Crippen LogP contribution in [0.2, 0.25) is 0 Å². The molecule has 0 aromatic carbocycles. The summed E-state index contributed by atoms with van der Waals surface area (Å²) in [6.45, 7) is 6.18. The minimum Gasteiger partial charge on any atom is -0.481 e. The van der Waals surface area contributed by atoms with Crippen LogP contribution in [0.4, 0.5) is 0 Å². The zero-order valence-electron chi connectivity index (χ0n) is 8.04. The summed E-state index contributed by atoms with van der Waals surface area (Å²) in [7, 11) is 0. The molecule has 12 heavy (non-hydrogen) atoms. The first-order valence-corrected chi connectivity index (χ1v) is 5.54. The van der Waals surface area contributed by atoms with Crippen LogP contribution >= 0.6 is 11.8 Å². The number of hydrogen-bond donors (Lipinski definition) is 1.